The highest BCUT2D eigenvalue weighted by atomic mass is 16.3. The van der Waals surface area contributed by atoms with Crippen LogP contribution in [0.25, 0.3) is 0 Å². The molecule has 6 rings (SSSR count). The van der Waals surface area contributed by atoms with Crippen LogP contribution in [0.3, 0.4) is 0 Å². The Morgan fingerprint density at radius 2 is 1.92 bits per heavy atom. The van der Waals surface area contributed by atoms with E-state index < -0.39 is 5.41 Å². The number of allylic oxidation sites excluding steroid dienone is 2. The molecule has 4 aliphatic rings. The van der Waals surface area contributed by atoms with Gasteiger partial charge < -0.3 is 10.4 Å². The molecule has 122 valence electrons. The lowest BCUT2D eigenvalue weighted by Crippen LogP contribution is -2.39. The second-order valence-electron chi connectivity index (χ2n) is 6.56. The highest BCUT2D eigenvalue weighted by Crippen LogP contribution is 2.61. The summed E-state index contributed by atoms with van der Waals surface area (Å²) < 4.78 is 0. The minimum atomic E-state index is -0.431. The van der Waals surface area contributed by atoms with Crippen molar-refractivity contribution in [1.82, 2.24) is 0 Å². The number of anilines is 1. The van der Waals surface area contributed by atoms with Gasteiger partial charge in [0.2, 0.25) is 0 Å². The first-order valence-electron chi connectivity index (χ1n) is 8.41. The Kier molecular flexibility index (Phi) is 2.67. The Hall–Kier alpha value is -3.14. The van der Waals surface area contributed by atoms with Crippen LogP contribution in [0.4, 0.5) is 11.4 Å². The molecule has 2 aliphatic carbocycles. The van der Waals surface area contributed by atoms with E-state index >= 15 is 0 Å². The molecule has 2 aromatic carbocycles. The molecule has 0 saturated heterocycles. The Morgan fingerprint density at radius 3 is 2.68 bits per heavy atom. The highest BCUT2D eigenvalue weighted by molar-refractivity contribution is 6.24. The fourth-order valence-corrected chi connectivity index (χ4v) is 4.06. The Balaban J connectivity index is 1.48. The van der Waals surface area contributed by atoms with Crippen LogP contribution in [0.15, 0.2) is 70.9 Å². The summed E-state index contributed by atoms with van der Waals surface area (Å²) in [4.78, 5) is 17.4. The molecular weight excluding hydrogens is 312 g/mol. The Bertz CT molecular complexity index is 1020. The molecule has 2 heterocycles. The van der Waals surface area contributed by atoms with Gasteiger partial charge in [0.1, 0.15) is 5.76 Å². The number of aliphatic hydroxyl groups is 1. The minimum Gasteiger partial charge on any atom is -0.507 e. The lowest BCUT2D eigenvalue weighted by atomic mass is 9.62. The van der Waals surface area contributed by atoms with Gasteiger partial charge in [-0.2, -0.15) is 0 Å². The summed E-state index contributed by atoms with van der Waals surface area (Å²) in [6, 6.07) is 13.7. The Morgan fingerprint density at radius 1 is 1.16 bits per heavy atom. The fraction of sp³-hybridized carbons (Fsp3) is 0.143. The van der Waals surface area contributed by atoms with Crippen molar-refractivity contribution in [2.75, 3.05) is 5.32 Å². The zero-order valence-corrected chi connectivity index (χ0v) is 13.7. The van der Waals surface area contributed by atoms with Crippen molar-refractivity contribution in [3.05, 3.63) is 82.6 Å². The van der Waals surface area contributed by atoms with Gasteiger partial charge in [0.25, 0.3) is 5.91 Å². The molecule has 0 radical (unpaired) electrons. The SMILES string of the molecule is CCc1ccccc1NC(=O)C1=CC2=NC3=C4C=CC=C3C24C=C1O. The second kappa shape index (κ2) is 4.70. The van der Waals surface area contributed by atoms with Crippen LogP contribution in [-0.4, -0.2) is 16.7 Å². The van der Waals surface area contributed by atoms with Gasteiger partial charge in [-0.3, -0.25) is 9.79 Å². The number of nitrogens with one attached hydrogen (secondary N) is 1. The van der Waals surface area contributed by atoms with Crippen LogP contribution in [-0.2, 0) is 16.6 Å². The van der Waals surface area contributed by atoms with Gasteiger partial charge >= 0.3 is 0 Å². The van der Waals surface area contributed by atoms with Crippen LogP contribution >= 0.6 is 0 Å². The van der Waals surface area contributed by atoms with Gasteiger partial charge in [0.15, 0.2) is 0 Å². The standard InChI is InChI=1S/C21H16N2O2/c1-2-12-6-3-4-9-16(12)22-20(25)13-10-18-21(11-17(13)24)14-7-5-8-15(21)19(14)23-18/h3-11,24H,2H2,1H3,(H,22,25). The van der Waals surface area contributed by atoms with E-state index in [9.17, 15) is 9.90 Å². The number of aliphatic imine (C=N–C) groups is 1. The number of carbonyl (C=O) groups is 1. The highest BCUT2D eigenvalue weighted by Gasteiger charge is 2.55. The summed E-state index contributed by atoms with van der Waals surface area (Å²) in [5.74, 6) is -0.314. The van der Waals surface area contributed by atoms with E-state index in [4.69, 9.17) is 0 Å². The van der Waals surface area contributed by atoms with E-state index in [1.54, 1.807) is 12.2 Å². The van der Waals surface area contributed by atoms with Gasteiger partial charge in [-0.25, -0.2) is 0 Å². The molecule has 25 heavy (non-hydrogen) atoms. The third kappa shape index (κ3) is 1.66. The van der Waals surface area contributed by atoms with E-state index in [1.165, 1.54) is 0 Å². The molecule has 0 saturated carbocycles. The first-order chi connectivity index (χ1) is 12.1. The maximum absolute atomic E-state index is 12.7. The molecule has 0 atom stereocenters. The smallest absolute Gasteiger partial charge is 0.259 e. The molecule has 1 amide bonds. The predicted molar refractivity (Wildman–Crippen MR) is 97.6 cm³/mol. The maximum Gasteiger partial charge on any atom is 0.259 e. The van der Waals surface area contributed by atoms with Crippen LogP contribution in [0.5, 0.6) is 0 Å². The summed E-state index contributed by atoms with van der Waals surface area (Å²) in [6.45, 7) is 2.04. The molecule has 1 spiro atoms. The minimum absolute atomic E-state index is 0.00470. The molecular formula is C21H16N2O2. The molecule has 0 aromatic heterocycles. The van der Waals surface area contributed by atoms with E-state index in [0.29, 0.717) is 0 Å². The van der Waals surface area contributed by atoms with Crippen molar-refractivity contribution in [3.8, 4) is 0 Å². The number of aryl methyl sites for hydroxylation is 1. The number of rotatable bonds is 3. The molecule has 4 bridgehead atoms. The predicted octanol–water partition coefficient (Wildman–Crippen LogP) is 3.96. The number of aliphatic hydroxyl groups excluding tert-OH is 1. The van der Waals surface area contributed by atoms with E-state index in [-0.39, 0.29) is 17.2 Å². The summed E-state index contributed by atoms with van der Waals surface area (Å²) in [7, 11) is 0. The topological polar surface area (TPSA) is 61.7 Å². The first kappa shape index (κ1) is 14.2. The van der Waals surface area contributed by atoms with Crippen molar-refractivity contribution < 1.29 is 9.90 Å². The number of hydrogen-bond acceptors (Lipinski definition) is 3. The number of nitrogens with zero attached hydrogens (tertiary/aromatic N) is 1. The first-order valence-corrected chi connectivity index (χ1v) is 8.41. The van der Waals surface area contributed by atoms with Crippen molar-refractivity contribution in [2.24, 2.45) is 4.99 Å². The van der Waals surface area contributed by atoms with Gasteiger partial charge in [-0.15, -0.1) is 0 Å². The lowest BCUT2D eigenvalue weighted by Gasteiger charge is -2.37. The average molecular weight is 328 g/mol. The quantitative estimate of drug-likeness (QED) is 0.896. The van der Waals surface area contributed by atoms with Crippen LogP contribution in [0.1, 0.15) is 23.6 Å². The summed E-state index contributed by atoms with van der Waals surface area (Å²) in [5.41, 5.74) is 5.68. The van der Waals surface area contributed by atoms with Gasteiger partial charge in [-0.05, 0) is 41.3 Å². The molecule has 2 N–H and O–H groups in total. The van der Waals surface area contributed by atoms with Crippen molar-refractivity contribution in [3.63, 3.8) is 0 Å². The zero-order valence-electron chi connectivity index (χ0n) is 13.7. The van der Waals surface area contributed by atoms with Crippen LogP contribution < -0.4 is 5.32 Å². The number of carbonyl (C=O) groups excluding carboxylic acids is 1. The molecule has 4 nitrogen and oxygen atoms in total. The normalized spacial score (nSPS) is 17.7. The largest absolute Gasteiger partial charge is 0.507 e. The summed E-state index contributed by atoms with van der Waals surface area (Å²) >= 11 is 0. The number of para-hydroxylation sites is 2. The van der Waals surface area contributed by atoms with Crippen molar-refractivity contribution in [1.29, 1.82) is 0 Å². The van der Waals surface area contributed by atoms with Gasteiger partial charge in [0.05, 0.1) is 22.4 Å². The molecule has 2 aliphatic heterocycles. The molecule has 2 aromatic rings. The summed E-state index contributed by atoms with van der Waals surface area (Å²) in [5, 5.41) is 13.5. The maximum atomic E-state index is 12.7. The second-order valence-corrected chi connectivity index (χ2v) is 6.56. The van der Waals surface area contributed by atoms with Gasteiger partial charge in [0, 0.05) is 5.69 Å². The zero-order chi connectivity index (χ0) is 17.2. The lowest BCUT2D eigenvalue weighted by molar-refractivity contribution is -0.112. The van der Waals surface area contributed by atoms with Crippen molar-refractivity contribution >= 4 is 23.0 Å². The Labute approximate surface area is 145 Å². The molecule has 0 unspecified atom stereocenters. The van der Waals surface area contributed by atoms with Gasteiger partial charge in [-0.1, -0.05) is 43.3 Å². The molecule has 4 heteroatoms. The monoisotopic (exact) mass is 328 g/mol. The summed E-state index contributed by atoms with van der Waals surface area (Å²) in [6.07, 6.45) is 4.30. The number of amides is 1. The van der Waals surface area contributed by atoms with E-state index in [0.717, 1.165) is 40.2 Å². The average Bonchev–Trinajstić information content (AvgIpc) is 3.14. The molecule has 0 fully saturated rings. The number of hydrogen-bond donors (Lipinski definition) is 2. The number of benzene rings is 2. The van der Waals surface area contributed by atoms with Crippen LogP contribution in [0, 0.1) is 0 Å². The third-order valence-electron chi connectivity index (χ3n) is 5.32. The van der Waals surface area contributed by atoms with Crippen LogP contribution in [0.2, 0.25) is 0 Å². The van der Waals surface area contributed by atoms with E-state index in [1.807, 2.05) is 49.4 Å². The fourth-order valence-electron chi connectivity index (χ4n) is 4.06. The van der Waals surface area contributed by atoms with Crippen molar-refractivity contribution in [2.45, 2.75) is 18.8 Å². The third-order valence-corrected chi connectivity index (χ3v) is 5.32. The van der Waals surface area contributed by atoms with E-state index in [2.05, 4.69) is 10.3 Å².